The first-order chi connectivity index (χ1) is 16.3. The van der Waals surface area contributed by atoms with Crippen molar-refractivity contribution in [1.29, 1.82) is 5.41 Å². The first-order valence-electron chi connectivity index (χ1n) is 10.8. The fraction of sp³-hybridized carbons (Fsp3) is 0.240. The highest BCUT2D eigenvalue weighted by molar-refractivity contribution is 8.07. The van der Waals surface area contributed by atoms with Crippen LogP contribution in [0.4, 0.5) is 16.2 Å². The van der Waals surface area contributed by atoms with E-state index in [-0.39, 0.29) is 21.8 Å². The van der Waals surface area contributed by atoms with E-state index in [1.165, 1.54) is 31.2 Å². The van der Waals surface area contributed by atoms with Gasteiger partial charge >= 0.3 is 6.09 Å². The van der Waals surface area contributed by atoms with Crippen LogP contribution < -0.4 is 16.4 Å². The van der Waals surface area contributed by atoms with Gasteiger partial charge in [0.2, 0.25) is 15.7 Å². The average molecular weight is 497 g/mol. The molecule has 9 nitrogen and oxygen atoms in total. The van der Waals surface area contributed by atoms with E-state index in [0.29, 0.717) is 5.39 Å². The molecule has 0 aliphatic carbocycles. The van der Waals surface area contributed by atoms with Gasteiger partial charge in [-0.1, -0.05) is 36.4 Å². The van der Waals surface area contributed by atoms with Crippen LogP contribution in [-0.4, -0.2) is 37.1 Å². The van der Waals surface area contributed by atoms with Crippen LogP contribution in [0.2, 0.25) is 0 Å². The topological polar surface area (TPSA) is 151 Å². The molecule has 0 aliphatic rings. The monoisotopic (exact) mass is 496 g/mol. The second kappa shape index (κ2) is 9.75. The third kappa shape index (κ3) is 5.96. The Labute approximate surface area is 204 Å². The smallest absolute Gasteiger partial charge is 0.408 e. The molecule has 35 heavy (non-hydrogen) atoms. The summed E-state index contributed by atoms with van der Waals surface area (Å²) in [4.78, 5) is 24.5. The molecule has 1 atom stereocenters. The molecule has 0 saturated carbocycles. The summed E-state index contributed by atoms with van der Waals surface area (Å²) in [5, 5.41) is 14.0. The van der Waals surface area contributed by atoms with Gasteiger partial charge in [-0.25, -0.2) is 13.2 Å². The van der Waals surface area contributed by atoms with Gasteiger partial charge in [0.05, 0.1) is 4.90 Å². The molecule has 0 aromatic heterocycles. The maximum Gasteiger partial charge on any atom is 0.408 e. The fourth-order valence-electron chi connectivity index (χ4n) is 3.32. The van der Waals surface area contributed by atoms with Gasteiger partial charge < -0.3 is 21.1 Å². The Morgan fingerprint density at radius 1 is 1.03 bits per heavy atom. The summed E-state index contributed by atoms with van der Waals surface area (Å²) < 4.78 is 31.8. The third-order valence-corrected chi connectivity index (χ3v) is 6.69. The van der Waals surface area contributed by atoms with Gasteiger partial charge in [0, 0.05) is 22.3 Å². The van der Waals surface area contributed by atoms with E-state index in [0.717, 1.165) is 5.39 Å². The molecular formula is C25H28N4O5S. The Kier molecular flexibility index (Phi) is 7.16. The number of rotatable bonds is 5. The SMILES string of the molecule is CC(NC(=O)OC(C)(C)C)C(=O)Nc1ccc(N)c(C(=N)S(=O)(=O)c2cccc3ccccc23)c1. The van der Waals surface area contributed by atoms with Gasteiger partial charge in [-0.2, -0.15) is 0 Å². The Morgan fingerprint density at radius 2 is 1.69 bits per heavy atom. The molecule has 3 rings (SSSR count). The van der Waals surface area contributed by atoms with E-state index in [9.17, 15) is 18.0 Å². The zero-order valence-corrected chi connectivity index (χ0v) is 20.7. The van der Waals surface area contributed by atoms with Crippen molar-refractivity contribution in [3.8, 4) is 0 Å². The van der Waals surface area contributed by atoms with Crippen molar-refractivity contribution in [2.24, 2.45) is 0 Å². The van der Waals surface area contributed by atoms with E-state index in [1.807, 2.05) is 0 Å². The number of anilines is 2. The van der Waals surface area contributed by atoms with Gasteiger partial charge in [0.1, 0.15) is 11.6 Å². The molecule has 0 aliphatic heterocycles. The van der Waals surface area contributed by atoms with E-state index in [1.54, 1.807) is 57.2 Å². The van der Waals surface area contributed by atoms with Crippen LogP contribution >= 0.6 is 0 Å². The molecule has 0 radical (unpaired) electrons. The maximum absolute atomic E-state index is 13.3. The summed E-state index contributed by atoms with van der Waals surface area (Å²) in [5.41, 5.74) is 5.51. The maximum atomic E-state index is 13.3. The number of alkyl carbamates (subject to hydrolysis) is 1. The fourth-order valence-corrected chi connectivity index (χ4v) is 4.74. The first kappa shape index (κ1) is 25.7. The van der Waals surface area contributed by atoms with Crippen LogP contribution in [0.3, 0.4) is 0 Å². The highest BCUT2D eigenvalue weighted by atomic mass is 32.2. The van der Waals surface area contributed by atoms with Crippen molar-refractivity contribution in [1.82, 2.24) is 5.32 Å². The highest BCUT2D eigenvalue weighted by Gasteiger charge is 2.27. The number of nitrogens with one attached hydrogen (secondary N) is 3. The highest BCUT2D eigenvalue weighted by Crippen LogP contribution is 2.28. The van der Waals surface area contributed by atoms with Gasteiger partial charge in [0.25, 0.3) is 0 Å². The average Bonchev–Trinajstić information content (AvgIpc) is 2.78. The number of benzene rings is 3. The predicted octanol–water partition coefficient (Wildman–Crippen LogP) is 4.07. The zero-order valence-electron chi connectivity index (χ0n) is 19.9. The van der Waals surface area contributed by atoms with Crippen molar-refractivity contribution in [2.75, 3.05) is 11.1 Å². The Bertz CT molecular complexity index is 1410. The largest absolute Gasteiger partial charge is 0.444 e. The van der Waals surface area contributed by atoms with Crippen LogP contribution in [0.15, 0.2) is 65.6 Å². The summed E-state index contributed by atoms with van der Waals surface area (Å²) in [5.74, 6) is -0.560. The molecule has 3 aromatic carbocycles. The van der Waals surface area contributed by atoms with Crippen LogP contribution in [0.25, 0.3) is 10.8 Å². The third-order valence-electron chi connectivity index (χ3n) is 5.00. The molecule has 1 unspecified atom stereocenters. The first-order valence-corrected chi connectivity index (χ1v) is 12.3. The molecule has 184 valence electrons. The van der Waals surface area contributed by atoms with Gasteiger partial charge in [0.15, 0.2) is 5.04 Å². The molecule has 10 heteroatoms. The van der Waals surface area contributed by atoms with Crippen LogP contribution in [0, 0.1) is 5.41 Å². The number of fused-ring (bicyclic) bond motifs is 1. The summed E-state index contributed by atoms with van der Waals surface area (Å²) in [6.45, 7) is 6.59. The van der Waals surface area contributed by atoms with Crippen molar-refractivity contribution >= 4 is 49.0 Å². The quantitative estimate of drug-likeness (QED) is 0.237. The molecule has 3 aromatic rings. The lowest BCUT2D eigenvalue weighted by Gasteiger charge is -2.21. The van der Waals surface area contributed by atoms with Crippen LogP contribution in [0.1, 0.15) is 33.3 Å². The number of sulfone groups is 1. The van der Waals surface area contributed by atoms with Crippen molar-refractivity contribution in [2.45, 2.75) is 44.2 Å². The molecule has 0 bridgehead atoms. The van der Waals surface area contributed by atoms with E-state index in [2.05, 4.69) is 10.6 Å². The van der Waals surface area contributed by atoms with E-state index in [4.69, 9.17) is 15.9 Å². The second-order valence-electron chi connectivity index (χ2n) is 8.97. The molecule has 5 N–H and O–H groups in total. The number of carbonyl (C=O) groups excluding carboxylic acids is 2. The van der Waals surface area contributed by atoms with Crippen LogP contribution in [0.5, 0.6) is 0 Å². The number of amides is 2. The van der Waals surface area contributed by atoms with Gasteiger partial charge in [-0.3, -0.25) is 10.2 Å². The number of nitrogens with two attached hydrogens (primary N) is 1. The number of hydrogen-bond donors (Lipinski definition) is 4. The minimum atomic E-state index is -4.22. The van der Waals surface area contributed by atoms with Gasteiger partial charge in [-0.05, 0) is 57.3 Å². The van der Waals surface area contributed by atoms with E-state index >= 15 is 0 Å². The molecule has 0 spiro atoms. The second-order valence-corrected chi connectivity index (χ2v) is 10.8. The summed E-state index contributed by atoms with van der Waals surface area (Å²) >= 11 is 0. The minimum Gasteiger partial charge on any atom is -0.444 e. The Balaban J connectivity index is 1.84. The van der Waals surface area contributed by atoms with E-state index < -0.39 is 38.5 Å². The Hall–Kier alpha value is -3.92. The van der Waals surface area contributed by atoms with Gasteiger partial charge in [-0.15, -0.1) is 0 Å². The lowest BCUT2D eigenvalue weighted by molar-refractivity contribution is -0.117. The molecule has 0 heterocycles. The Morgan fingerprint density at radius 3 is 2.37 bits per heavy atom. The van der Waals surface area contributed by atoms with Crippen molar-refractivity contribution in [3.63, 3.8) is 0 Å². The lowest BCUT2D eigenvalue weighted by atomic mass is 10.1. The lowest BCUT2D eigenvalue weighted by Crippen LogP contribution is -2.44. The molecule has 0 fully saturated rings. The summed E-state index contributed by atoms with van der Waals surface area (Å²) in [6.07, 6.45) is -0.749. The minimum absolute atomic E-state index is 0.00961. The molecule has 0 saturated heterocycles. The predicted molar refractivity (Wildman–Crippen MR) is 136 cm³/mol. The van der Waals surface area contributed by atoms with Crippen molar-refractivity contribution in [3.05, 3.63) is 66.2 Å². The number of ether oxygens (including phenoxy) is 1. The van der Waals surface area contributed by atoms with Crippen LogP contribution in [-0.2, 0) is 19.4 Å². The standard InChI is InChI=1S/C25H28N4O5S/c1-15(28-24(31)34-25(2,3)4)23(30)29-17-12-13-20(26)19(14-17)22(27)35(32,33)21-11-7-9-16-8-5-6-10-18(16)21/h5-15,27H,26H2,1-4H3,(H,28,31)(H,29,30). The number of carbonyl (C=O) groups is 2. The normalized spacial score (nSPS) is 12.6. The van der Waals surface area contributed by atoms with Crippen molar-refractivity contribution < 1.29 is 22.7 Å². The summed E-state index contributed by atoms with van der Waals surface area (Å²) in [7, 11) is -4.22. The molecule has 2 amide bonds. The molecular weight excluding hydrogens is 468 g/mol. The number of hydrogen-bond acceptors (Lipinski definition) is 7. The summed E-state index contributed by atoms with van der Waals surface area (Å²) in [6, 6.07) is 15.1. The number of nitrogen functional groups attached to an aromatic ring is 1. The zero-order chi connectivity index (χ0) is 26.0.